The van der Waals surface area contributed by atoms with Gasteiger partial charge in [0, 0.05) is 24.5 Å². The van der Waals surface area contributed by atoms with Crippen molar-refractivity contribution < 1.29 is 14.8 Å². The molecule has 0 saturated carbocycles. The minimum absolute atomic E-state index is 0.0423. The summed E-state index contributed by atoms with van der Waals surface area (Å²) < 4.78 is 0. The number of nitrogens with one attached hydrogen (secondary N) is 1. The molecule has 0 saturated heterocycles. The normalized spacial score (nSPS) is 12.0. The van der Waals surface area contributed by atoms with Crippen molar-refractivity contribution in [3.8, 4) is 0 Å². The Morgan fingerprint density at radius 2 is 2.30 bits per heavy atom. The van der Waals surface area contributed by atoms with Gasteiger partial charge in [0.25, 0.3) is 0 Å². The second-order valence-corrected chi connectivity index (χ2v) is 5.54. The van der Waals surface area contributed by atoms with Gasteiger partial charge in [-0.2, -0.15) is 0 Å². The van der Waals surface area contributed by atoms with E-state index in [0.29, 0.717) is 16.4 Å². The molecule has 112 valence electrons. The minimum atomic E-state index is -0.769. The van der Waals surface area contributed by atoms with Gasteiger partial charge in [0.2, 0.25) is 5.91 Å². The predicted octanol–water partition coefficient (Wildman–Crippen LogP) is 1.67. The van der Waals surface area contributed by atoms with Gasteiger partial charge in [0.05, 0.1) is 17.6 Å². The molecule has 0 aliphatic heterocycles. The van der Waals surface area contributed by atoms with Crippen LogP contribution in [0.25, 0.3) is 0 Å². The van der Waals surface area contributed by atoms with E-state index in [-0.39, 0.29) is 18.1 Å². The molecule has 0 fully saturated rings. The summed E-state index contributed by atoms with van der Waals surface area (Å²) in [6.45, 7) is 4.12. The number of carbonyl (C=O) groups excluding carboxylic acids is 1. The van der Waals surface area contributed by atoms with E-state index in [9.17, 15) is 20.0 Å². The zero-order valence-corrected chi connectivity index (χ0v) is 12.6. The van der Waals surface area contributed by atoms with Crippen molar-refractivity contribution in [2.24, 2.45) is 0 Å². The lowest BCUT2D eigenvalue weighted by Gasteiger charge is -2.16. The van der Waals surface area contributed by atoms with Gasteiger partial charge >= 0.3 is 5.69 Å². The van der Waals surface area contributed by atoms with Crippen LogP contribution in [0.5, 0.6) is 0 Å². The maximum absolute atomic E-state index is 11.6. The largest absolute Gasteiger partial charge is 0.388 e. The first-order valence-corrected chi connectivity index (χ1v) is 7.12. The molecule has 8 heteroatoms. The number of aliphatic hydroxyl groups is 1. The number of hydrogen-bond acceptors (Lipinski definition) is 6. The predicted molar refractivity (Wildman–Crippen MR) is 78.2 cm³/mol. The maximum Gasteiger partial charge on any atom is 0.304 e. The van der Waals surface area contributed by atoms with Crippen LogP contribution in [0.15, 0.2) is 6.07 Å². The lowest BCUT2D eigenvalue weighted by molar-refractivity contribution is -0.383. The van der Waals surface area contributed by atoms with E-state index in [0.717, 1.165) is 17.8 Å². The Morgan fingerprint density at radius 1 is 1.65 bits per heavy atom. The smallest absolute Gasteiger partial charge is 0.304 e. The molecule has 0 aliphatic carbocycles. The molecule has 0 aromatic carbocycles. The Bertz CT molecular complexity index is 487. The van der Waals surface area contributed by atoms with Gasteiger partial charge in [-0.25, -0.2) is 0 Å². The summed E-state index contributed by atoms with van der Waals surface area (Å²) in [6, 6.07) is 1.35. The summed E-state index contributed by atoms with van der Waals surface area (Å²) >= 11 is 1.12. The van der Waals surface area contributed by atoms with Gasteiger partial charge in [-0.3, -0.25) is 14.9 Å². The van der Waals surface area contributed by atoms with Crippen molar-refractivity contribution in [1.29, 1.82) is 0 Å². The standard InChI is InChI=1S/C12H19N3O4S/c1-4-5-13-11(17)7-14(3)12-9(15(18)19)6-10(20-12)8(2)16/h6,8,16H,4-5,7H2,1-3H3,(H,13,17)/t8-/m0/s1. The highest BCUT2D eigenvalue weighted by Gasteiger charge is 2.24. The number of amides is 1. The van der Waals surface area contributed by atoms with Gasteiger partial charge < -0.3 is 15.3 Å². The second-order valence-electron chi connectivity index (χ2n) is 4.48. The van der Waals surface area contributed by atoms with Crippen LogP contribution in [-0.2, 0) is 4.79 Å². The highest BCUT2D eigenvalue weighted by Crippen LogP contribution is 2.39. The summed E-state index contributed by atoms with van der Waals surface area (Å²) in [4.78, 5) is 24.2. The van der Waals surface area contributed by atoms with Gasteiger partial charge in [-0.1, -0.05) is 6.92 Å². The molecule has 0 bridgehead atoms. The summed E-state index contributed by atoms with van der Waals surface area (Å²) in [6.07, 6.45) is 0.0654. The molecular weight excluding hydrogens is 282 g/mol. The number of rotatable bonds is 7. The monoisotopic (exact) mass is 301 g/mol. The zero-order valence-electron chi connectivity index (χ0n) is 11.8. The first kappa shape index (κ1) is 16.4. The van der Waals surface area contributed by atoms with E-state index in [4.69, 9.17) is 0 Å². The van der Waals surface area contributed by atoms with Crippen molar-refractivity contribution in [3.63, 3.8) is 0 Å². The Kier molecular flexibility index (Phi) is 5.90. The second kappa shape index (κ2) is 7.20. The van der Waals surface area contributed by atoms with E-state index in [1.54, 1.807) is 14.0 Å². The molecule has 20 heavy (non-hydrogen) atoms. The molecule has 1 amide bonds. The average molecular weight is 301 g/mol. The van der Waals surface area contributed by atoms with Gasteiger partial charge in [0.15, 0.2) is 5.00 Å². The summed E-state index contributed by atoms with van der Waals surface area (Å²) in [7, 11) is 1.62. The fourth-order valence-corrected chi connectivity index (χ4v) is 2.63. The quantitative estimate of drug-likeness (QED) is 0.590. The molecule has 1 atom stereocenters. The molecular formula is C12H19N3O4S. The van der Waals surface area contributed by atoms with Crippen molar-refractivity contribution in [2.75, 3.05) is 25.0 Å². The highest BCUT2D eigenvalue weighted by atomic mass is 32.1. The van der Waals surface area contributed by atoms with Crippen LogP contribution >= 0.6 is 11.3 Å². The van der Waals surface area contributed by atoms with Crippen LogP contribution < -0.4 is 10.2 Å². The number of carbonyl (C=O) groups is 1. The molecule has 1 aromatic rings. The first-order valence-electron chi connectivity index (χ1n) is 6.30. The lowest BCUT2D eigenvalue weighted by atomic mass is 10.3. The molecule has 0 radical (unpaired) electrons. The molecule has 1 rings (SSSR count). The third kappa shape index (κ3) is 4.17. The fourth-order valence-electron chi connectivity index (χ4n) is 1.61. The van der Waals surface area contributed by atoms with Crippen LogP contribution in [-0.4, -0.2) is 36.1 Å². The van der Waals surface area contributed by atoms with Crippen molar-refractivity contribution in [3.05, 3.63) is 21.1 Å². The third-order valence-corrected chi connectivity index (χ3v) is 4.03. The van der Waals surface area contributed by atoms with E-state index in [2.05, 4.69) is 5.32 Å². The molecule has 1 heterocycles. The van der Waals surface area contributed by atoms with Gasteiger partial charge in [-0.15, -0.1) is 11.3 Å². The van der Waals surface area contributed by atoms with E-state index < -0.39 is 11.0 Å². The van der Waals surface area contributed by atoms with E-state index >= 15 is 0 Å². The number of nitro groups is 1. The number of hydrogen-bond donors (Lipinski definition) is 2. The zero-order chi connectivity index (χ0) is 15.3. The van der Waals surface area contributed by atoms with Crippen molar-refractivity contribution in [1.82, 2.24) is 5.32 Å². The van der Waals surface area contributed by atoms with Gasteiger partial charge in [0.1, 0.15) is 0 Å². The highest BCUT2D eigenvalue weighted by molar-refractivity contribution is 7.16. The summed E-state index contributed by atoms with van der Waals surface area (Å²) in [5.74, 6) is -0.185. The Balaban J connectivity index is 2.88. The molecule has 7 nitrogen and oxygen atoms in total. The van der Waals surface area contributed by atoms with Crippen molar-refractivity contribution >= 4 is 27.9 Å². The summed E-state index contributed by atoms with van der Waals surface area (Å²) in [5, 5.41) is 23.6. The summed E-state index contributed by atoms with van der Waals surface area (Å²) in [5.41, 5.74) is -0.0864. The van der Waals surface area contributed by atoms with Crippen LogP contribution in [0.3, 0.4) is 0 Å². The van der Waals surface area contributed by atoms with Crippen LogP contribution in [0.2, 0.25) is 0 Å². The average Bonchev–Trinajstić information content (AvgIpc) is 2.81. The number of aliphatic hydroxyl groups excluding tert-OH is 1. The van der Waals surface area contributed by atoms with Crippen LogP contribution in [0.4, 0.5) is 10.7 Å². The number of anilines is 1. The third-order valence-electron chi connectivity index (χ3n) is 2.62. The van der Waals surface area contributed by atoms with Gasteiger partial charge in [-0.05, 0) is 13.3 Å². The van der Waals surface area contributed by atoms with Crippen LogP contribution in [0.1, 0.15) is 31.2 Å². The van der Waals surface area contributed by atoms with Crippen LogP contribution in [0, 0.1) is 10.1 Å². The molecule has 0 unspecified atom stereocenters. The van der Waals surface area contributed by atoms with E-state index in [1.807, 2.05) is 6.92 Å². The Morgan fingerprint density at radius 3 is 2.80 bits per heavy atom. The molecule has 0 spiro atoms. The topological polar surface area (TPSA) is 95.7 Å². The molecule has 2 N–H and O–H groups in total. The number of likely N-dealkylation sites (N-methyl/N-ethyl adjacent to an activating group) is 1. The van der Waals surface area contributed by atoms with Crippen molar-refractivity contribution in [2.45, 2.75) is 26.4 Å². The Hall–Kier alpha value is -1.67. The first-order chi connectivity index (χ1) is 9.36. The number of nitrogens with zero attached hydrogens (tertiary/aromatic N) is 2. The SMILES string of the molecule is CCCNC(=O)CN(C)c1sc([C@H](C)O)cc1[N+](=O)[O-]. The van der Waals surface area contributed by atoms with E-state index in [1.165, 1.54) is 11.0 Å². The molecule has 0 aliphatic rings. The fraction of sp³-hybridized carbons (Fsp3) is 0.583. The maximum atomic E-state index is 11.6. The molecule has 1 aromatic heterocycles. The minimum Gasteiger partial charge on any atom is -0.388 e. The number of thiophene rings is 1. The lowest BCUT2D eigenvalue weighted by Crippen LogP contribution is -2.35. The Labute approximate surface area is 121 Å².